The van der Waals surface area contributed by atoms with E-state index in [0.717, 1.165) is 27.1 Å². The van der Waals surface area contributed by atoms with E-state index in [1.54, 1.807) is 0 Å². The van der Waals surface area contributed by atoms with Crippen molar-refractivity contribution in [2.45, 2.75) is 26.8 Å². The van der Waals surface area contributed by atoms with Gasteiger partial charge in [-0.1, -0.05) is 6.07 Å². The lowest BCUT2D eigenvalue weighted by molar-refractivity contribution is 0.816. The normalized spacial score (nSPS) is 12.8. The minimum atomic E-state index is 0.0472. The van der Waals surface area contributed by atoms with Gasteiger partial charge in [0.25, 0.3) is 0 Å². The van der Waals surface area contributed by atoms with E-state index in [4.69, 9.17) is 5.73 Å². The van der Waals surface area contributed by atoms with E-state index in [9.17, 15) is 0 Å². The van der Waals surface area contributed by atoms with Crippen LogP contribution in [-0.4, -0.2) is 9.55 Å². The molecule has 0 bridgehead atoms. The highest BCUT2D eigenvalue weighted by molar-refractivity contribution is 9.10. The third-order valence-corrected chi connectivity index (χ3v) is 3.64. The summed E-state index contributed by atoms with van der Waals surface area (Å²) < 4.78 is 3.11. The molecule has 0 aliphatic carbocycles. The molecule has 0 saturated heterocycles. The van der Waals surface area contributed by atoms with Crippen LogP contribution in [-0.2, 0) is 0 Å². The standard InChI is InChI=1S/C13H16BrN3/c1-8(15)11-4-5-13(12(14)6-11)17-7-16-9(2)10(17)3/h4-8H,15H2,1-3H3/t8-/m0/s1. The van der Waals surface area contributed by atoms with Gasteiger partial charge in [-0.05, 0) is 54.4 Å². The number of aryl methyl sites for hydroxylation is 1. The first kappa shape index (κ1) is 12.3. The average Bonchev–Trinajstić information content (AvgIpc) is 2.60. The van der Waals surface area contributed by atoms with E-state index >= 15 is 0 Å². The molecule has 3 nitrogen and oxygen atoms in total. The van der Waals surface area contributed by atoms with Gasteiger partial charge in [-0.2, -0.15) is 0 Å². The zero-order valence-corrected chi connectivity index (χ0v) is 11.8. The Labute approximate surface area is 110 Å². The summed E-state index contributed by atoms with van der Waals surface area (Å²) in [5.41, 5.74) is 10.3. The Kier molecular flexibility index (Phi) is 3.35. The van der Waals surface area contributed by atoms with E-state index in [1.165, 1.54) is 0 Å². The molecule has 1 atom stereocenters. The van der Waals surface area contributed by atoms with Crippen LogP contribution in [0.25, 0.3) is 5.69 Å². The fourth-order valence-corrected chi connectivity index (χ4v) is 2.33. The molecule has 0 aliphatic heterocycles. The molecule has 0 fully saturated rings. The lowest BCUT2D eigenvalue weighted by Crippen LogP contribution is -2.05. The van der Waals surface area contributed by atoms with Crippen LogP contribution in [0.4, 0.5) is 0 Å². The zero-order valence-electron chi connectivity index (χ0n) is 10.2. The molecular formula is C13H16BrN3. The molecule has 0 aliphatic rings. The van der Waals surface area contributed by atoms with Crippen molar-refractivity contribution in [2.24, 2.45) is 5.73 Å². The Morgan fingerprint density at radius 1 is 1.35 bits per heavy atom. The van der Waals surface area contributed by atoms with Crippen molar-refractivity contribution in [1.82, 2.24) is 9.55 Å². The van der Waals surface area contributed by atoms with Gasteiger partial charge in [-0.15, -0.1) is 0 Å². The largest absolute Gasteiger partial charge is 0.324 e. The molecule has 17 heavy (non-hydrogen) atoms. The molecule has 2 N–H and O–H groups in total. The van der Waals surface area contributed by atoms with Gasteiger partial charge in [0, 0.05) is 16.2 Å². The van der Waals surface area contributed by atoms with Gasteiger partial charge < -0.3 is 10.3 Å². The fraction of sp³-hybridized carbons (Fsp3) is 0.308. The molecule has 0 amide bonds. The van der Waals surface area contributed by atoms with Gasteiger partial charge in [0.05, 0.1) is 17.7 Å². The predicted octanol–water partition coefficient (Wildman–Crippen LogP) is 3.27. The summed E-state index contributed by atoms with van der Waals surface area (Å²) in [5, 5.41) is 0. The lowest BCUT2D eigenvalue weighted by atomic mass is 10.1. The van der Waals surface area contributed by atoms with E-state index < -0.39 is 0 Å². The van der Waals surface area contributed by atoms with E-state index in [0.29, 0.717) is 0 Å². The van der Waals surface area contributed by atoms with Crippen molar-refractivity contribution in [3.8, 4) is 5.69 Å². The minimum Gasteiger partial charge on any atom is -0.324 e. The highest BCUT2D eigenvalue weighted by Crippen LogP contribution is 2.26. The number of hydrogen-bond donors (Lipinski definition) is 1. The molecule has 4 heteroatoms. The number of imidazole rings is 1. The fourth-order valence-electron chi connectivity index (χ4n) is 1.74. The van der Waals surface area contributed by atoms with E-state index in [1.807, 2.05) is 20.2 Å². The zero-order chi connectivity index (χ0) is 12.6. The van der Waals surface area contributed by atoms with Crippen molar-refractivity contribution in [2.75, 3.05) is 0 Å². The average molecular weight is 294 g/mol. The van der Waals surface area contributed by atoms with Crippen LogP contribution in [0.3, 0.4) is 0 Å². The van der Waals surface area contributed by atoms with Gasteiger partial charge in [-0.3, -0.25) is 0 Å². The molecule has 0 radical (unpaired) electrons. The number of nitrogens with zero attached hydrogens (tertiary/aromatic N) is 2. The Balaban J connectivity index is 2.50. The molecule has 2 rings (SSSR count). The number of halogens is 1. The Bertz CT molecular complexity index is 544. The van der Waals surface area contributed by atoms with Crippen LogP contribution in [0.15, 0.2) is 29.0 Å². The van der Waals surface area contributed by atoms with Crippen LogP contribution in [0, 0.1) is 13.8 Å². The van der Waals surface area contributed by atoms with Crippen molar-refractivity contribution in [1.29, 1.82) is 0 Å². The first-order valence-corrected chi connectivity index (χ1v) is 6.36. The van der Waals surface area contributed by atoms with Crippen LogP contribution in [0.1, 0.15) is 29.9 Å². The Hall–Kier alpha value is -1.13. The van der Waals surface area contributed by atoms with Crippen LogP contribution < -0.4 is 5.73 Å². The third kappa shape index (κ3) is 2.28. The first-order valence-electron chi connectivity index (χ1n) is 5.56. The van der Waals surface area contributed by atoms with Crippen molar-refractivity contribution in [3.05, 3.63) is 46.0 Å². The second-order valence-electron chi connectivity index (χ2n) is 4.28. The van der Waals surface area contributed by atoms with E-state index in [2.05, 4.69) is 50.6 Å². The summed E-state index contributed by atoms with van der Waals surface area (Å²) >= 11 is 3.59. The summed E-state index contributed by atoms with van der Waals surface area (Å²) in [6.45, 7) is 6.05. The maximum absolute atomic E-state index is 5.87. The predicted molar refractivity (Wildman–Crippen MR) is 73.3 cm³/mol. The third-order valence-electron chi connectivity index (χ3n) is 3.01. The number of hydrogen-bond acceptors (Lipinski definition) is 2. The highest BCUT2D eigenvalue weighted by Gasteiger charge is 2.09. The maximum atomic E-state index is 5.87. The Morgan fingerprint density at radius 3 is 2.53 bits per heavy atom. The maximum Gasteiger partial charge on any atom is 0.0997 e. The number of nitrogens with two attached hydrogens (primary N) is 1. The molecule has 0 saturated carbocycles. The number of aromatic nitrogens is 2. The molecule has 0 unspecified atom stereocenters. The van der Waals surface area contributed by atoms with Gasteiger partial charge in [0.15, 0.2) is 0 Å². The number of rotatable bonds is 2. The van der Waals surface area contributed by atoms with Crippen LogP contribution in [0.2, 0.25) is 0 Å². The Morgan fingerprint density at radius 2 is 2.06 bits per heavy atom. The van der Waals surface area contributed by atoms with Crippen LogP contribution in [0.5, 0.6) is 0 Å². The lowest BCUT2D eigenvalue weighted by Gasteiger charge is -2.11. The quantitative estimate of drug-likeness (QED) is 0.923. The van der Waals surface area contributed by atoms with Crippen molar-refractivity contribution in [3.63, 3.8) is 0 Å². The van der Waals surface area contributed by atoms with Gasteiger partial charge in [0.2, 0.25) is 0 Å². The van der Waals surface area contributed by atoms with Crippen LogP contribution >= 0.6 is 15.9 Å². The van der Waals surface area contributed by atoms with Crippen molar-refractivity contribution >= 4 is 15.9 Å². The molecular weight excluding hydrogens is 278 g/mol. The minimum absolute atomic E-state index is 0.0472. The SMILES string of the molecule is Cc1ncn(-c2ccc([C@H](C)N)cc2Br)c1C. The van der Waals surface area contributed by atoms with Crippen molar-refractivity contribution < 1.29 is 0 Å². The van der Waals surface area contributed by atoms with Gasteiger partial charge >= 0.3 is 0 Å². The molecule has 1 aromatic heterocycles. The summed E-state index contributed by atoms with van der Waals surface area (Å²) in [6, 6.07) is 6.23. The second kappa shape index (κ2) is 4.63. The van der Waals surface area contributed by atoms with Gasteiger partial charge in [0.1, 0.15) is 0 Å². The second-order valence-corrected chi connectivity index (χ2v) is 5.14. The topological polar surface area (TPSA) is 43.8 Å². The molecule has 1 heterocycles. The van der Waals surface area contributed by atoms with E-state index in [-0.39, 0.29) is 6.04 Å². The summed E-state index contributed by atoms with van der Waals surface area (Å²) in [5.74, 6) is 0. The molecule has 1 aromatic carbocycles. The molecule has 0 spiro atoms. The summed E-state index contributed by atoms with van der Waals surface area (Å²) in [7, 11) is 0. The molecule has 90 valence electrons. The highest BCUT2D eigenvalue weighted by atomic mass is 79.9. The monoisotopic (exact) mass is 293 g/mol. The first-order chi connectivity index (χ1) is 8.00. The number of benzene rings is 1. The van der Waals surface area contributed by atoms with Gasteiger partial charge in [-0.25, -0.2) is 4.98 Å². The summed E-state index contributed by atoms with van der Waals surface area (Å²) in [6.07, 6.45) is 1.84. The summed E-state index contributed by atoms with van der Waals surface area (Å²) in [4.78, 5) is 4.31. The molecule has 2 aromatic rings. The smallest absolute Gasteiger partial charge is 0.0997 e.